The summed E-state index contributed by atoms with van der Waals surface area (Å²) >= 11 is 1.63. The van der Waals surface area contributed by atoms with Crippen LogP contribution in [0.5, 0.6) is 11.5 Å². The Morgan fingerprint density at radius 3 is 2.92 bits per heavy atom. The van der Waals surface area contributed by atoms with Gasteiger partial charge in [-0.1, -0.05) is 24.3 Å². The van der Waals surface area contributed by atoms with Gasteiger partial charge in [0, 0.05) is 11.4 Å². The standard InChI is InChI=1S/C18H20N2O3S/c1-2-9-20(12-15-6-5-10-24-15)18(21)19-11-14-13-22-16-7-3-4-8-17(16)23-14/h2-8,10,14H,1,9,11-13H2,(H,19,21). The van der Waals surface area contributed by atoms with Crippen molar-refractivity contribution < 1.29 is 14.3 Å². The van der Waals surface area contributed by atoms with Crippen LogP contribution in [0.25, 0.3) is 0 Å². The van der Waals surface area contributed by atoms with Crippen molar-refractivity contribution in [2.75, 3.05) is 19.7 Å². The summed E-state index contributed by atoms with van der Waals surface area (Å²) in [5.74, 6) is 1.45. The Morgan fingerprint density at radius 1 is 1.33 bits per heavy atom. The summed E-state index contributed by atoms with van der Waals surface area (Å²) in [7, 11) is 0. The number of urea groups is 1. The summed E-state index contributed by atoms with van der Waals surface area (Å²) < 4.78 is 11.5. The third-order valence-electron chi connectivity index (χ3n) is 3.61. The first-order chi connectivity index (χ1) is 11.8. The van der Waals surface area contributed by atoms with Gasteiger partial charge in [-0.15, -0.1) is 17.9 Å². The molecule has 1 atom stereocenters. The van der Waals surface area contributed by atoms with Gasteiger partial charge in [0.15, 0.2) is 17.6 Å². The van der Waals surface area contributed by atoms with Crippen LogP contribution in [-0.4, -0.2) is 36.7 Å². The second-order valence-electron chi connectivity index (χ2n) is 5.43. The van der Waals surface area contributed by atoms with Crippen LogP contribution in [0, 0.1) is 0 Å². The molecule has 0 fully saturated rings. The number of fused-ring (bicyclic) bond motifs is 1. The molecule has 2 heterocycles. The van der Waals surface area contributed by atoms with Crippen LogP contribution in [-0.2, 0) is 6.54 Å². The SMILES string of the molecule is C=CCN(Cc1cccs1)C(=O)NCC1COc2ccccc2O1. The van der Waals surface area contributed by atoms with E-state index in [9.17, 15) is 4.79 Å². The minimum absolute atomic E-state index is 0.134. The summed E-state index contributed by atoms with van der Waals surface area (Å²) in [5, 5.41) is 4.92. The molecule has 6 heteroatoms. The predicted molar refractivity (Wildman–Crippen MR) is 94.7 cm³/mol. The van der Waals surface area contributed by atoms with E-state index in [1.807, 2.05) is 41.8 Å². The zero-order valence-electron chi connectivity index (χ0n) is 13.3. The summed E-state index contributed by atoms with van der Waals surface area (Å²) in [4.78, 5) is 15.3. The molecular formula is C18H20N2O3S. The quantitative estimate of drug-likeness (QED) is 0.818. The van der Waals surface area contributed by atoms with Gasteiger partial charge in [-0.05, 0) is 23.6 Å². The minimum Gasteiger partial charge on any atom is -0.486 e. The Kier molecular flexibility index (Phi) is 5.38. The van der Waals surface area contributed by atoms with Gasteiger partial charge in [0.25, 0.3) is 0 Å². The number of benzene rings is 1. The minimum atomic E-state index is -0.198. The van der Waals surface area contributed by atoms with Crippen LogP contribution >= 0.6 is 11.3 Å². The fourth-order valence-electron chi connectivity index (χ4n) is 2.44. The maximum Gasteiger partial charge on any atom is 0.318 e. The summed E-state index contributed by atoms with van der Waals surface area (Å²) in [6, 6.07) is 11.4. The zero-order valence-corrected chi connectivity index (χ0v) is 14.1. The number of carbonyl (C=O) groups is 1. The first-order valence-corrected chi connectivity index (χ1v) is 8.69. The van der Waals surface area contributed by atoms with E-state index in [2.05, 4.69) is 11.9 Å². The van der Waals surface area contributed by atoms with Crippen LogP contribution in [0.15, 0.2) is 54.4 Å². The fourth-order valence-corrected chi connectivity index (χ4v) is 3.16. The second-order valence-corrected chi connectivity index (χ2v) is 6.46. The maximum absolute atomic E-state index is 12.4. The Balaban J connectivity index is 1.53. The normalized spacial score (nSPS) is 15.6. The van der Waals surface area contributed by atoms with Crippen molar-refractivity contribution in [2.45, 2.75) is 12.6 Å². The lowest BCUT2D eigenvalue weighted by molar-refractivity contribution is 0.0902. The maximum atomic E-state index is 12.4. The van der Waals surface area contributed by atoms with E-state index in [1.54, 1.807) is 22.3 Å². The molecule has 24 heavy (non-hydrogen) atoms. The molecular weight excluding hydrogens is 324 g/mol. The number of hydrogen-bond donors (Lipinski definition) is 1. The van der Waals surface area contributed by atoms with Gasteiger partial charge in [0.05, 0.1) is 13.1 Å². The summed E-state index contributed by atoms with van der Waals surface area (Å²) in [5.41, 5.74) is 0. The van der Waals surface area contributed by atoms with Crippen LogP contribution in [0.2, 0.25) is 0 Å². The molecule has 5 nitrogen and oxygen atoms in total. The predicted octanol–water partition coefficient (Wildman–Crippen LogP) is 3.29. The number of thiophene rings is 1. The highest BCUT2D eigenvalue weighted by molar-refractivity contribution is 7.09. The van der Waals surface area contributed by atoms with Crippen molar-refractivity contribution in [1.29, 1.82) is 0 Å². The Morgan fingerprint density at radius 2 is 2.17 bits per heavy atom. The van der Waals surface area contributed by atoms with Gasteiger partial charge in [-0.2, -0.15) is 0 Å². The highest BCUT2D eigenvalue weighted by atomic mass is 32.1. The molecule has 1 aliphatic rings. The first-order valence-electron chi connectivity index (χ1n) is 7.81. The number of para-hydroxylation sites is 2. The number of nitrogens with zero attached hydrogens (tertiary/aromatic N) is 1. The molecule has 0 saturated heterocycles. The highest BCUT2D eigenvalue weighted by Gasteiger charge is 2.22. The molecule has 0 aliphatic carbocycles. The lowest BCUT2D eigenvalue weighted by atomic mass is 10.2. The van der Waals surface area contributed by atoms with Crippen molar-refractivity contribution in [2.24, 2.45) is 0 Å². The van der Waals surface area contributed by atoms with E-state index in [1.165, 1.54) is 0 Å². The van der Waals surface area contributed by atoms with E-state index in [-0.39, 0.29) is 12.1 Å². The van der Waals surface area contributed by atoms with E-state index >= 15 is 0 Å². The number of ether oxygens (including phenoxy) is 2. The Bertz CT molecular complexity index is 687. The molecule has 0 saturated carbocycles. The Hall–Kier alpha value is -2.47. The van der Waals surface area contributed by atoms with Gasteiger partial charge in [-0.3, -0.25) is 0 Å². The van der Waals surface area contributed by atoms with E-state index in [0.29, 0.717) is 32.0 Å². The van der Waals surface area contributed by atoms with Crippen LogP contribution < -0.4 is 14.8 Å². The smallest absolute Gasteiger partial charge is 0.318 e. The number of amides is 2. The molecule has 0 spiro atoms. The summed E-state index contributed by atoms with van der Waals surface area (Å²) in [6.07, 6.45) is 1.53. The largest absolute Gasteiger partial charge is 0.486 e. The second kappa shape index (κ2) is 7.88. The molecule has 1 unspecified atom stereocenters. The topological polar surface area (TPSA) is 50.8 Å². The van der Waals surface area contributed by atoms with Crippen molar-refractivity contribution >= 4 is 17.4 Å². The number of hydrogen-bond acceptors (Lipinski definition) is 4. The van der Waals surface area contributed by atoms with Gasteiger partial charge in [0.1, 0.15) is 6.61 Å². The molecule has 0 radical (unpaired) electrons. The zero-order chi connectivity index (χ0) is 16.8. The first kappa shape index (κ1) is 16.4. The molecule has 1 N–H and O–H groups in total. The van der Waals surface area contributed by atoms with Crippen LogP contribution in [0.3, 0.4) is 0 Å². The van der Waals surface area contributed by atoms with Crippen molar-refractivity contribution in [3.8, 4) is 11.5 Å². The lowest BCUT2D eigenvalue weighted by Gasteiger charge is -2.28. The molecule has 2 aromatic rings. The van der Waals surface area contributed by atoms with Crippen molar-refractivity contribution in [3.05, 3.63) is 59.3 Å². The molecule has 0 bridgehead atoms. The van der Waals surface area contributed by atoms with E-state index in [4.69, 9.17) is 9.47 Å². The van der Waals surface area contributed by atoms with E-state index in [0.717, 1.165) is 10.6 Å². The molecule has 1 aromatic carbocycles. The van der Waals surface area contributed by atoms with Crippen molar-refractivity contribution in [1.82, 2.24) is 10.2 Å². The third-order valence-corrected chi connectivity index (χ3v) is 4.47. The highest BCUT2D eigenvalue weighted by Crippen LogP contribution is 2.30. The number of rotatable bonds is 6. The fraction of sp³-hybridized carbons (Fsp3) is 0.278. The van der Waals surface area contributed by atoms with Crippen LogP contribution in [0.4, 0.5) is 4.79 Å². The number of nitrogens with one attached hydrogen (secondary N) is 1. The summed E-state index contributed by atoms with van der Waals surface area (Å²) in [6.45, 7) is 5.60. The lowest BCUT2D eigenvalue weighted by Crippen LogP contribution is -2.46. The average Bonchev–Trinajstić information content (AvgIpc) is 3.12. The number of carbonyl (C=O) groups excluding carboxylic acids is 1. The third kappa shape index (κ3) is 4.08. The van der Waals surface area contributed by atoms with Crippen molar-refractivity contribution in [3.63, 3.8) is 0 Å². The van der Waals surface area contributed by atoms with Gasteiger partial charge in [-0.25, -0.2) is 4.79 Å². The van der Waals surface area contributed by atoms with Crippen LogP contribution in [0.1, 0.15) is 4.88 Å². The average molecular weight is 344 g/mol. The monoisotopic (exact) mass is 344 g/mol. The molecule has 1 aromatic heterocycles. The van der Waals surface area contributed by atoms with Gasteiger partial charge in [0.2, 0.25) is 0 Å². The Labute approximate surface area is 145 Å². The van der Waals surface area contributed by atoms with Gasteiger partial charge >= 0.3 is 6.03 Å². The molecule has 3 rings (SSSR count). The van der Waals surface area contributed by atoms with E-state index < -0.39 is 0 Å². The molecule has 2 amide bonds. The molecule has 126 valence electrons. The molecule has 1 aliphatic heterocycles. The van der Waals surface area contributed by atoms with Gasteiger partial charge < -0.3 is 19.7 Å².